The Bertz CT molecular complexity index is 1450. The van der Waals surface area contributed by atoms with Crippen LogP contribution < -0.4 is 4.74 Å². The lowest BCUT2D eigenvalue weighted by atomic mass is 10.2. The Labute approximate surface area is 205 Å². The summed E-state index contributed by atoms with van der Waals surface area (Å²) in [5, 5.41) is 2.15. The van der Waals surface area contributed by atoms with E-state index in [1.54, 1.807) is 18.2 Å². The summed E-state index contributed by atoms with van der Waals surface area (Å²) in [5.41, 5.74) is 4.57. The molecule has 0 radical (unpaired) electrons. The van der Waals surface area contributed by atoms with Gasteiger partial charge in [-0.1, -0.05) is 51.3 Å². The molecule has 3 aromatic carbocycles. The van der Waals surface area contributed by atoms with Gasteiger partial charge in [-0.05, 0) is 64.8 Å². The summed E-state index contributed by atoms with van der Waals surface area (Å²) in [4.78, 5) is 9.85. The fourth-order valence-corrected chi connectivity index (χ4v) is 5.60. The van der Waals surface area contributed by atoms with Crippen LogP contribution in [0.15, 0.2) is 63.5 Å². The van der Waals surface area contributed by atoms with Crippen LogP contribution in [0.1, 0.15) is 6.42 Å². The fraction of sp³-hybridized carbons (Fsp3) is 0.130. The summed E-state index contributed by atoms with van der Waals surface area (Å²) in [5.74, 6) is 0.629. The molecule has 0 unspecified atom stereocenters. The minimum atomic E-state index is 0.509. The zero-order valence-electron chi connectivity index (χ0n) is 16.1. The van der Waals surface area contributed by atoms with Crippen molar-refractivity contribution in [2.45, 2.75) is 13.0 Å². The lowest BCUT2D eigenvalue weighted by Crippen LogP contribution is -2.06. The number of aromatic nitrogens is 3. The molecule has 0 aliphatic rings. The first-order chi connectivity index (χ1) is 15.0. The topological polar surface area (TPSA) is 39.9 Å². The maximum atomic E-state index is 6.21. The van der Waals surface area contributed by atoms with E-state index in [0.29, 0.717) is 22.4 Å². The number of halogens is 4. The van der Waals surface area contributed by atoms with Crippen LogP contribution in [0.25, 0.3) is 33.1 Å². The number of benzene rings is 3. The first kappa shape index (κ1) is 21.0. The summed E-state index contributed by atoms with van der Waals surface area (Å²) in [6.07, 6.45) is 0.773. The molecule has 0 fully saturated rings. The normalized spacial score (nSPS) is 11.6. The van der Waals surface area contributed by atoms with Crippen molar-refractivity contribution in [1.29, 1.82) is 0 Å². The van der Waals surface area contributed by atoms with E-state index < -0.39 is 0 Å². The number of rotatable bonds is 5. The lowest BCUT2D eigenvalue weighted by Gasteiger charge is -2.11. The Morgan fingerprint density at radius 2 is 1.71 bits per heavy atom. The van der Waals surface area contributed by atoms with Crippen LogP contribution in [0.4, 0.5) is 0 Å². The highest BCUT2D eigenvalue weighted by Crippen LogP contribution is 2.36. The number of hydrogen-bond donors (Lipinski definition) is 0. The van der Waals surface area contributed by atoms with Crippen molar-refractivity contribution in [3.8, 4) is 5.75 Å². The molecule has 31 heavy (non-hydrogen) atoms. The zero-order chi connectivity index (χ0) is 21.5. The van der Waals surface area contributed by atoms with E-state index in [1.165, 1.54) is 0 Å². The predicted molar refractivity (Wildman–Crippen MR) is 135 cm³/mol. The number of fused-ring (bicyclic) bond motifs is 4. The van der Waals surface area contributed by atoms with Gasteiger partial charge in [0.2, 0.25) is 0 Å². The third-order valence-electron chi connectivity index (χ3n) is 5.04. The Morgan fingerprint density at radius 1 is 0.935 bits per heavy atom. The van der Waals surface area contributed by atoms with Crippen LogP contribution in [0, 0.1) is 0 Å². The highest BCUT2D eigenvalue weighted by molar-refractivity contribution is 9.11. The highest BCUT2D eigenvalue weighted by Gasteiger charge is 2.17. The molecule has 4 nitrogen and oxygen atoms in total. The largest absolute Gasteiger partial charge is 0.492 e. The minimum Gasteiger partial charge on any atom is -0.492 e. The number of ether oxygens (including phenoxy) is 1. The summed E-state index contributed by atoms with van der Waals surface area (Å²) in [7, 11) is 0. The highest BCUT2D eigenvalue weighted by atomic mass is 79.9. The standard InChI is InChI=1S/C23H15Br2Cl2N3O/c24-13-10-15-21-23(29-19-5-2-1-4-18(19)28-21)30(22(15)16(25)11-13)8-3-9-31-20-7-6-14(26)12-17(20)27/h1-2,4-7,10-12H,3,8-9H2. The Balaban J connectivity index is 1.52. The van der Waals surface area contributed by atoms with Crippen LogP contribution in [0.5, 0.6) is 5.75 Å². The average molecular weight is 580 g/mol. The molecule has 5 rings (SSSR count). The summed E-state index contributed by atoms with van der Waals surface area (Å²) < 4.78 is 10.1. The molecule has 0 saturated carbocycles. The first-order valence-electron chi connectivity index (χ1n) is 9.63. The smallest absolute Gasteiger partial charge is 0.160 e. The molecule has 0 saturated heterocycles. The van der Waals surface area contributed by atoms with Gasteiger partial charge in [0.1, 0.15) is 11.3 Å². The van der Waals surface area contributed by atoms with Crippen molar-refractivity contribution in [3.63, 3.8) is 0 Å². The second kappa shape index (κ2) is 8.58. The van der Waals surface area contributed by atoms with Gasteiger partial charge in [0, 0.05) is 25.9 Å². The Morgan fingerprint density at radius 3 is 2.48 bits per heavy atom. The average Bonchev–Trinajstić information content (AvgIpc) is 3.04. The molecule has 156 valence electrons. The molecule has 2 heterocycles. The van der Waals surface area contributed by atoms with Gasteiger partial charge >= 0.3 is 0 Å². The quantitative estimate of drug-likeness (QED) is 0.198. The van der Waals surface area contributed by atoms with E-state index in [0.717, 1.165) is 55.0 Å². The number of hydrogen-bond acceptors (Lipinski definition) is 3. The second-order valence-electron chi connectivity index (χ2n) is 7.10. The Kier molecular flexibility index (Phi) is 5.82. The number of nitrogens with zero attached hydrogens (tertiary/aromatic N) is 3. The molecule has 0 N–H and O–H groups in total. The molecule has 2 aromatic heterocycles. The molecule has 0 spiro atoms. The molecule has 8 heteroatoms. The van der Waals surface area contributed by atoms with Gasteiger partial charge in [-0.2, -0.15) is 0 Å². The van der Waals surface area contributed by atoms with Crippen molar-refractivity contribution >= 4 is 88.2 Å². The predicted octanol–water partition coefficient (Wildman–Crippen LogP) is 8.04. The first-order valence-corrected chi connectivity index (χ1v) is 12.0. The van der Waals surface area contributed by atoms with Crippen molar-refractivity contribution < 1.29 is 4.74 Å². The van der Waals surface area contributed by atoms with Crippen molar-refractivity contribution in [2.24, 2.45) is 0 Å². The van der Waals surface area contributed by atoms with Crippen LogP contribution in [-0.4, -0.2) is 21.1 Å². The van der Waals surface area contributed by atoms with E-state index in [2.05, 4.69) is 42.5 Å². The molecule has 0 amide bonds. The van der Waals surface area contributed by atoms with Crippen molar-refractivity contribution in [3.05, 3.63) is 73.6 Å². The molecule has 0 bridgehead atoms. The maximum Gasteiger partial charge on any atom is 0.160 e. The summed E-state index contributed by atoms with van der Waals surface area (Å²) >= 11 is 19.5. The molecule has 5 aromatic rings. The monoisotopic (exact) mass is 577 g/mol. The SMILES string of the molecule is Clc1ccc(OCCCn2c3nc4ccccc4nc3c3cc(Br)cc(Br)c32)c(Cl)c1. The zero-order valence-corrected chi connectivity index (χ0v) is 20.8. The molecular formula is C23H15Br2Cl2N3O. The molecule has 0 aliphatic heterocycles. The van der Waals surface area contributed by atoms with Crippen molar-refractivity contribution in [1.82, 2.24) is 14.5 Å². The molecular weight excluding hydrogens is 565 g/mol. The van der Waals surface area contributed by atoms with Gasteiger partial charge in [-0.25, -0.2) is 9.97 Å². The van der Waals surface area contributed by atoms with Crippen LogP contribution in [0.3, 0.4) is 0 Å². The van der Waals surface area contributed by atoms with Crippen LogP contribution in [0.2, 0.25) is 10.0 Å². The Hall–Kier alpha value is -1.86. The lowest BCUT2D eigenvalue weighted by molar-refractivity contribution is 0.303. The van der Waals surface area contributed by atoms with Crippen LogP contribution in [-0.2, 0) is 6.54 Å². The van der Waals surface area contributed by atoms with Gasteiger partial charge in [0.15, 0.2) is 5.65 Å². The number of para-hydroxylation sites is 2. The van der Waals surface area contributed by atoms with Gasteiger partial charge in [0.05, 0.1) is 28.2 Å². The van der Waals surface area contributed by atoms with E-state index in [9.17, 15) is 0 Å². The summed E-state index contributed by atoms with van der Waals surface area (Å²) in [6.45, 7) is 1.23. The van der Waals surface area contributed by atoms with Gasteiger partial charge in [-0.15, -0.1) is 0 Å². The molecule has 0 atom stereocenters. The second-order valence-corrected chi connectivity index (χ2v) is 9.71. The van der Waals surface area contributed by atoms with Crippen molar-refractivity contribution in [2.75, 3.05) is 6.61 Å². The summed E-state index contributed by atoms with van der Waals surface area (Å²) in [6, 6.07) is 17.3. The minimum absolute atomic E-state index is 0.509. The maximum absolute atomic E-state index is 6.21. The van der Waals surface area contributed by atoms with Crippen LogP contribution >= 0.6 is 55.1 Å². The van der Waals surface area contributed by atoms with Gasteiger partial charge in [0.25, 0.3) is 0 Å². The van der Waals surface area contributed by atoms with Gasteiger partial charge < -0.3 is 9.30 Å². The third kappa shape index (κ3) is 4.02. The van der Waals surface area contributed by atoms with E-state index >= 15 is 0 Å². The fourth-order valence-electron chi connectivity index (χ4n) is 3.70. The van der Waals surface area contributed by atoms with E-state index in [-0.39, 0.29) is 0 Å². The van der Waals surface area contributed by atoms with Gasteiger partial charge in [-0.3, -0.25) is 0 Å². The third-order valence-corrected chi connectivity index (χ3v) is 6.63. The number of aryl methyl sites for hydroxylation is 1. The van der Waals surface area contributed by atoms with E-state index in [4.69, 9.17) is 37.9 Å². The molecule has 0 aliphatic carbocycles. The van der Waals surface area contributed by atoms with E-state index in [1.807, 2.05) is 30.3 Å².